The van der Waals surface area contributed by atoms with Gasteiger partial charge < -0.3 is 10.6 Å². The van der Waals surface area contributed by atoms with Gasteiger partial charge in [-0.05, 0) is 49.2 Å². The summed E-state index contributed by atoms with van der Waals surface area (Å²) < 4.78 is 1.72. The summed E-state index contributed by atoms with van der Waals surface area (Å²) in [6.07, 6.45) is 7.57. The van der Waals surface area contributed by atoms with E-state index in [0.717, 1.165) is 35.3 Å². The van der Waals surface area contributed by atoms with Crippen LogP contribution in [0.3, 0.4) is 0 Å². The highest BCUT2D eigenvalue weighted by atomic mass is 16.1. The average molecular weight is 389 g/mol. The van der Waals surface area contributed by atoms with Gasteiger partial charge in [0.2, 0.25) is 5.95 Å². The Bertz CT molecular complexity index is 1100. The molecule has 8 nitrogen and oxygen atoms in total. The summed E-state index contributed by atoms with van der Waals surface area (Å²) in [5.74, 6) is 0.459. The number of hydrogen-bond donors (Lipinski definition) is 3. The molecule has 0 radical (unpaired) electrons. The zero-order valence-corrected chi connectivity index (χ0v) is 16.4. The molecular formula is C21H23N7O. The fraction of sp³-hybridized carbons (Fsp3) is 0.238. The molecule has 3 aromatic heterocycles. The van der Waals surface area contributed by atoms with E-state index in [9.17, 15) is 4.79 Å². The van der Waals surface area contributed by atoms with E-state index in [1.54, 1.807) is 22.8 Å². The number of amides is 1. The van der Waals surface area contributed by atoms with Gasteiger partial charge in [0.15, 0.2) is 5.65 Å². The van der Waals surface area contributed by atoms with Gasteiger partial charge in [-0.1, -0.05) is 13.8 Å². The monoisotopic (exact) mass is 389 g/mol. The minimum Gasteiger partial charge on any atom is -0.349 e. The maximum atomic E-state index is 12.1. The first-order valence-corrected chi connectivity index (χ1v) is 9.79. The van der Waals surface area contributed by atoms with Gasteiger partial charge in [0.1, 0.15) is 0 Å². The number of carbonyl (C=O) groups is 1. The van der Waals surface area contributed by atoms with Crippen molar-refractivity contribution in [3.8, 4) is 11.1 Å². The second kappa shape index (κ2) is 8.14. The fourth-order valence-corrected chi connectivity index (χ4v) is 2.91. The fourth-order valence-electron chi connectivity index (χ4n) is 2.91. The lowest BCUT2D eigenvalue weighted by molar-refractivity contribution is 0.0951. The molecule has 1 amide bonds. The van der Waals surface area contributed by atoms with Gasteiger partial charge in [0.25, 0.3) is 5.91 Å². The largest absolute Gasteiger partial charge is 0.349 e. The summed E-state index contributed by atoms with van der Waals surface area (Å²) in [4.78, 5) is 16.7. The van der Waals surface area contributed by atoms with Crippen molar-refractivity contribution in [2.45, 2.75) is 32.7 Å². The van der Waals surface area contributed by atoms with Crippen molar-refractivity contribution < 1.29 is 4.79 Å². The summed E-state index contributed by atoms with van der Waals surface area (Å²) in [5.41, 5.74) is 4.10. The number of anilines is 2. The molecule has 3 heterocycles. The first-order valence-electron chi connectivity index (χ1n) is 9.79. The molecule has 1 aliphatic carbocycles. The van der Waals surface area contributed by atoms with Crippen molar-refractivity contribution in [2.75, 3.05) is 5.32 Å². The van der Waals surface area contributed by atoms with Crippen molar-refractivity contribution in [3.63, 3.8) is 0 Å². The van der Waals surface area contributed by atoms with Gasteiger partial charge in [0.05, 0.1) is 6.20 Å². The lowest BCUT2D eigenvalue weighted by atomic mass is 10.1. The van der Waals surface area contributed by atoms with Crippen molar-refractivity contribution in [1.82, 2.24) is 30.1 Å². The zero-order chi connectivity index (χ0) is 20.2. The van der Waals surface area contributed by atoms with Crippen LogP contribution in [0, 0.1) is 0 Å². The van der Waals surface area contributed by atoms with Gasteiger partial charge in [-0.3, -0.25) is 9.89 Å². The van der Waals surface area contributed by atoms with E-state index in [1.807, 2.05) is 50.5 Å². The van der Waals surface area contributed by atoms with Crippen LogP contribution in [-0.2, 0) is 0 Å². The average Bonchev–Trinajstić information content (AvgIpc) is 3.23. The number of nitrogens with one attached hydrogen (secondary N) is 3. The number of rotatable bonds is 5. The topological polar surface area (TPSA) is 100 Å². The predicted octanol–water partition coefficient (Wildman–Crippen LogP) is 3.78. The molecule has 148 valence electrons. The molecule has 0 unspecified atom stereocenters. The second-order valence-electron chi connectivity index (χ2n) is 6.56. The third kappa shape index (κ3) is 4.11. The summed E-state index contributed by atoms with van der Waals surface area (Å²) >= 11 is 0. The Labute approximate surface area is 168 Å². The molecular weight excluding hydrogens is 366 g/mol. The second-order valence-corrected chi connectivity index (χ2v) is 6.56. The molecule has 0 atom stereocenters. The highest BCUT2D eigenvalue weighted by molar-refractivity contribution is 5.95. The molecule has 0 bridgehead atoms. The lowest BCUT2D eigenvalue weighted by Crippen LogP contribution is -2.25. The van der Waals surface area contributed by atoms with Crippen LogP contribution < -0.4 is 10.6 Å². The highest BCUT2D eigenvalue weighted by Gasteiger charge is 2.23. The van der Waals surface area contributed by atoms with E-state index in [2.05, 4.69) is 30.9 Å². The van der Waals surface area contributed by atoms with E-state index < -0.39 is 0 Å². The maximum absolute atomic E-state index is 12.1. The van der Waals surface area contributed by atoms with Crippen LogP contribution in [0.25, 0.3) is 16.8 Å². The number of hydrogen-bond acceptors (Lipinski definition) is 5. The van der Waals surface area contributed by atoms with Crippen molar-refractivity contribution in [1.29, 1.82) is 0 Å². The normalized spacial score (nSPS) is 12.9. The summed E-state index contributed by atoms with van der Waals surface area (Å²) in [5, 5.41) is 17.4. The van der Waals surface area contributed by atoms with Gasteiger partial charge in [-0.25, -0.2) is 4.52 Å². The minimum absolute atomic E-state index is 0.0281. The SMILES string of the molecule is CC.O=C(NC1CC1)c1ccc(Nc2nc3c(-c4cn[nH]c4)cccn3n2)cc1. The smallest absolute Gasteiger partial charge is 0.251 e. The Balaban J connectivity index is 0.000000994. The van der Waals surface area contributed by atoms with E-state index in [0.29, 0.717) is 17.6 Å². The lowest BCUT2D eigenvalue weighted by Gasteiger charge is -2.05. The number of carbonyl (C=O) groups excluding carboxylic acids is 1. The molecule has 0 spiro atoms. The number of fused-ring (bicyclic) bond motifs is 1. The Morgan fingerprint density at radius 3 is 2.66 bits per heavy atom. The zero-order valence-electron chi connectivity index (χ0n) is 16.4. The molecule has 1 fully saturated rings. The van der Waals surface area contributed by atoms with Crippen molar-refractivity contribution in [3.05, 3.63) is 60.6 Å². The first kappa shape index (κ1) is 18.7. The molecule has 8 heteroatoms. The Hall–Kier alpha value is -3.68. The molecule has 0 saturated heterocycles. The van der Waals surface area contributed by atoms with Crippen molar-refractivity contribution >= 4 is 23.2 Å². The van der Waals surface area contributed by atoms with Gasteiger partial charge in [0, 0.05) is 40.8 Å². The van der Waals surface area contributed by atoms with Crippen LogP contribution in [0.5, 0.6) is 0 Å². The number of aromatic amines is 1. The molecule has 1 saturated carbocycles. The van der Waals surface area contributed by atoms with Gasteiger partial charge in [-0.2, -0.15) is 10.1 Å². The molecule has 3 N–H and O–H groups in total. The predicted molar refractivity (Wildman–Crippen MR) is 112 cm³/mol. The molecule has 4 aromatic rings. The standard InChI is InChI=1S/C19H17N7O.C2H6/c27-18(22-14-7-8-14)12-3-5-15(6-4-12)23-19-24-17-16(13-10-20-21-11-13)2-1-9-26(17)25-19;1-2/h1-6,9-11,14H,7-8H2,(H,20,21)(H,22,27)(H,23,25);1-2H3. The van der Waals surface area contributed by atoms with E-state index in [4.69, 9.17) is 0 Å². The third-order valence-corrected chi connectivity index (χ3v) is 4.49. The maximum Gasteiger partial charge on any atom is 0.251 e. The number of aromatic nitrogens is 5. The Morgan fingerprint density at radius 1 is 1.17 bits per heavy atom. The van der Waals surface area contributed by atoms with Crippen LogP contribution in [-0.4, -0.2) is 36.7 Å². The summed E-state index contributed by atoms with van der Waals surface area (Å²) in [6.45, 7) is 4.00. The van der Waals surface area contributed by atoms with E-state index in [-0.39, 0.29) is 5.91 Å². The van der Waals surface area contributed by atoms with E-state index in [1.165, 1.54) is 0 Å². The minimum atomic E-state index is -0.0281. The van der Waals surface area contributed by atoms with Crippen LogP contribution in [0.2, 0.25) is 0 Å². The number of pyridine rings is 1. The van der Waals surface area contributed by atoms with E-state index >= 15 is 0 Å². The highest BCUT2D eigenvalue weighted by Crippen LogP contribution is 2.24. The quantitative estimate of drug-likeness (QED) is 0.482. The van der Waals surface area contributed by atoms with Gasteiger partial charge >= 0.3 is 0 Å². The van der Waals surface area contributed by atoms with Gasteiger partial charge in [-0.15, -0.1) is 5.10 Å². The Morgan fingerprint density at radius 2 is 1.97 bits per heavy atom. The summed E-state index contributed by atoms with van der Waals surface area (Å²) in [7, 11) is 0. The van der Waals surface area contributed by atoms with Crippen LogP contribution in [0.1, 0.15) is 37.0 Å². The molecule has 1 aromatic carbocycles. The number of H-pyrrole nitrogens is 1. The number of nitrogens with zero attached hydrogens (tertiary/aromatic N) is 4. The van der Waals surface area contributed by atoms with Crippen LogP contribution in [0.15, 0.2) is 55.0 Å². The van der Waals surface area contributed by atoms with Crippen LogP contribution >= 0.6 is 0 Å². The first-order chi connectivity index (χ1) is 14.3. The molecule has 0 aliphatic heterocycles. The molecule has 5 rings (SSSR count). The third-order valence-electron chi connectivity index (χ3n) is 4.49. The molecule has 29 heavy (non-hydrogen) atoms. The number of benzene rings is 1. The Kier molecular flexibility index (Phi) is 5.24. The van der Waals surface area contributed by atoms with Crippen LogP contribution in [0.4, 0.5) is 11.6 Å². The molecule has 1 aliphatic rings. The van der Waals surface area contributed by atoms with Crippen molar-refractivity contribution in [2.24, 2.45) is 0 Å². The summed E-state index contributed by atoms with van der Waals surface area (Å²) in [6, 6.07) is 11.5.